The third-order valence-electron chi connectivity index (χ3n) is 0.569. The molecule has 0 aromatic heterocycles. The molecule has 0 aromatic rings. The summed E-state index contributed by atoms with van der Waals surface area (Å²) in [5.74, 6) is 0. The van der Waals surface area contributed by atoms with Crippen molar-refractivity contribution in [2.75, 3.05) is 13.3 Å². The molecule has 0 saturated carbocycles. The van der Waals surface area contributed by atoms with Crippen molar-refractivity contribution in [3.63, 3.8) is 0 Å². The Bertz CT molecular complexity index is 88.4. The molecule has 0 aromatic carbocycles. The van der Waals surface area contributed by atoms with Crippen molar-refractivity contribution < 1.29 is 4.74 Å². The average molecular weight is 131 g/mol. The van der Waals surface area contributed by atoms with Crippen molar-refractivity contribution in [1.82, 2.24) is 0 Å². The number of isothiocyanates is 1. The zero-order valence-corrected chi connectivity index (χ0v) is 5.70. The first-order valence-electron chi connectivity index (χ1n) is 2.53. The second-order valence-corrected chi connectivity index (χ2v) is 1.47. The maximum Gasteiger partial charge on any atom is 0.147 e. The molecule has 0 spiro atoms. The van der Waals surface area contributed by atoms with Crippen molar-refractivity contribution in [3.8, 4) is 0 Å². The maximum atomic E-state index is 4.93. The summed E-state index contributed by atoms with van der Waals surface area (Å²) >= 11 is 4.30. The number of rotatable bonds is 4. The Kier molecular flexibility index (Phi) is 6.56. The van der Waals surface area contributed by atoms with E-state index in [4.69, 9.17) is 4.74 Å². The maximum absolute atomic E-state index is 4.93. The molecule has 8 heavy (non-hydrogen) atoms. The molecule has 0 saturated heterocycles. The van der Waals surface area contributed by atoms with Crippen molar-refractivity contribution in [1.29, 1.82) is 0 Å². The van der Waals surface area contributed by atoms with Gasteiger partial charge in [-0.1, -0.05) is 6.92 Å². The Labute approximate surface area is 54.6 Å². The number of thiocarbonyl (C=S) groups is 1. The highest BCUT2D eigenvalue weighted by atomic mass is 32.1. The molecule has 0 amide bonds. The topological polar surface area (TPSA) is 21.6 Å². The number of nitrogens with zero attached hydrogens (tertiary/aromatic N) is 1. The fourth-order valence-corrected chi connectivity index (χ4v) is 0.334. The molecular formula is C5H9NOS. The van der Waals surface area contributed by atoms with Crippen LogP contribution in [-0.4, -0.2) is 18.5 Å². The van der Waals surface area contributed by atoms with E-state index in [9.17, 15) is 0 Å². The monoisotopic (exact) mass is 131 g/mol. The van der Waals surface area contributed by atoms with Crippen LogP contribution in [0.1, 0.15) is 13.3 Å². The lowest BCUT2D eigenvalue weighted by Crippen LogP contribution is -1.90. The molecule has 0 radical (unpaired) electrons. The zero-order valence-electron chi connectivity index (χ0n) is 4.89. The minimum atomic E-state index is 0.358. The van der Waals surface area contributed by atoms with Crippen molar-refractivity contribution in [3.05, 3.63) is 0 Å². The Balaban J connectivity index is 2.82. The molecule has 0 bridgehead atoms. The Morgan fingerprint density at radius 2 is 2.50 bits per heavy atom. The Morgan fingerprint density at radius 3 is 3.00 bits per heavy atom. The molecule has 0 N–H and O–H groups in total. The first kappa shape index (κ1) is 7.76. The van der Waals surface area contributed by atoms with Crippen LogP contribution in [0.25, 0.3) is 0 Å². The molecular weight excluding hydrogens is 122 g/mol. The number of ether oxygens (including phenoxy) is 1. The smallest absolute Gasteiger partial charge is 0.147 e. The Hall–Kier alpha value is -0.240. The molecule has 3 heteroatoms. The van der Waals surface area contributed by atoms with Gasteiger partial charge >= 0.3 is 0 Å². The summed E-state index contributed by atoms with van der Waals surface area (Å²) in [5.41, 5.74) is 0. The summed E-state index contributed by atoms with van der Waals surface area (Å²) in [4.78, 5) is 3.55. The highest BCUT2D eigenvalue weighted by molar-refractivity contribution is 7.78. The van der Waals surface area contributed by atoms with E-state index in [1.165, 1.54) is 0 Å². The zero-order chi connectivity index (χ0) is 6.24. The van der Waals surface area contributed by atoms with Crippen LogP contribution in [0.4, 0.5) is 0 Å². The summed E-state index contributed by atoms with van der Waals surface area (Å²) in [6.07, 6.45) is 1.02. The molecule has 0 unspecified atom stereocenters. The predicted octanol–water partition coefficient (Wildman–Crippen LogP) is 1.47. The molecule has 2 nitrogen and oxygen atoms in total. The predicted molar refractivity (Wildman–Crippen MR) is 36.1 cm³/mol. The van der Waals surface area contributed by atoms with Crippen LogP contribution in [0.5, 0.6) is 0 Å². The summed E-state index contributed by atoms with van der Waals surface area (Å²) in [5, 5.41) is 2.21. The molecule has 0 heterocycles. The summed E-state index contributed by atoms with van der Waals surface area (Å²) in [6.45, 7) is 3.15. The minimum absolute atomic E-state index is 0.358. The first-order valence-corrected chi connectivity index (χ1v) is 2.94. The lowest BCUT2D eigenvalue weighted by molar-refractivity contribution is 0.143. The van der Waals surface area contributed by atoms with Gasteiger partial charge in [-0.2, -0.15) is 0 Å². The standard InChI is InChI=1S/C5H9NOS/c1-2-3-7-4-6-5-8/h2-4H2,1H3. The van der Waals surface area contributed by atoms with Crippen LogP contribution in [0, 0.1) is 0 Å². The number of hydrogen-bond acceptors (Lipinski definition) is 3. The van der Waals surface area contributed by atoms with E-state index in [1.54, 1.807) is 0 Å². The van der Waals surface area contributed by atoms with E-state index in [2.05, 4.69) is 22.4 Å². The van der Waals surface area contributed by atoms with Gasteiger partial charge in [-0.05, 0) is 18.6 Å². The molecule has 0 aliphatic carbocycles. The molecule has 0 atom stereocenters. The molecule has 46 valence electrons. The van der Waals surface area contributed by atoms with Crippen LogP contribution in [0.3, 0.4) is 0 Å². The third-order valence-corrected chi connectivity index (χ3v) is 0.698. The largest absolute Gasteiger partial charge is 0.358 e. The van der Waals surface area contributed by atoms with Gasteiger partial charge in [0.1, 0.15) is 6.73 Å². The van der Waals surface area contributed by atoms with E-state index in [1.807, 2.05) is 6.92 Å². The Morgan fingerprint density at radius 1 is 1.75 bits per heavy atom. The van der Waals surface area contributed by atoms with Gasteiger partial charge in [-0.15, -0.1) is 0 Å². The van der Waals surface area contributed by atoms with Gasteiger partial charge in [0.05, 0.1) is 5.16 Å². The van der Waals surface area contributed by atoms with Crippen molar-refractivity contribution in [2.24, 2.45) is 4.99 Å². The molecule has 0 rings (SSSR count). The van der Waals surface area contributed by atoms with Gasteiger partial charge in [0.2, 0.25) is 0 Å². The fraction of sp³-hybridized carbons (Fsp3) is 0.800. The SMILES string of the molecule is CCCOCN=C=S. The van der Waals surface area contributed by atoms with Gasteiger partial charge in [0.25, 0.3) is 0 Å². The summed E-state index contributed by atoms with van der Waals surface area (Å²) in [6, 6.07) is 0. The third kappa shape index (κ3) is 5.76. The van der Waals surface area contributed by atoms with Crippen LogP contribution in [-0.2, 0) is 4.74 Å². The van der Waals surface area contributed by atoms with E-state index in [0.29, 0.717) is 6.73 Å². The van der Waals surface area contributed by atoms with Gasteiger partial charge in [-0.25, -0.2) is 4.99 Å². The van der Waals surface area contributed by atoms with Crippen molar-refractivity contribution >= 4 is 17.4 Å². The number of hydrogen-bond donors (Lipinski definition) is 0. The van der Waals surface area contributed by atoms with Gasteiger partial charge in [-0.3, -0.25) is 0 Å². The fourth-order valence-electron chi connectivity index (χ4n) is 0.281. The van der Waals surface area contributed by atoms with Gasteiger partial charge in [0.15, 0.2) is 0 Å². The highest BCUT2D eigenvalue weighted by Crippen LogP contribution is 1.78. The van der Waals surface area contributed by atoms with Gasteiger partial charge < -0.3 is 4.74 Å². The highest BCUT2D eigenvalue weighted by Gasteiger charge is 1.76. The first-order chi connectivity index (χ1) is 3.91. The quantitative estimate of drug-likeness (QED) is 0.327. The van der Waals surface area contributed by atoms with Crippen LogP contribution in [0.15, 0.2) is 4.99 Å². The van der Waals surface area contributed by atoms with E-state index >= 15 is 0 Å². The molecule has 0 aliphatic rings. The lowest BCUT2D eigenvalue weighted by atomic mass is 10.5. The molecule has 0 aliphatic heterocycles. The van der Waals surface area contributed by atoms with E-state index < -0.39 is 0 Å². The van der Waals surface area contributed by atoms with E-state index in [-0.39, 0.29) is 0 Å². The average Bonchev–Trinajstić information content (AvgIpc) is 1.81. The minimum Gasteiger partial charge on any atom is -0.358 e. The van der Waals surface area contributed by atoms with Crippen LogP contribution in [0.2, 0.25) is 0 Å². The molecule has 0 fully saturated rings. The number of aliphatic imine (C=N–C) groups is 1. The van der Waals surface area contributed by atoms with Crippen molar-refractivity contribution in [2.45, 2.75) is 13.3 Å². The summed E-state index contributed by atoms with van der Waals surface area (Å²) < 4.78 is 4.93. The second kappa shape index (κ2) is 6.76. The summed E-state index contributed by atoms with van der Waals surface area (Å²) in [7, 11) is 0. The second-order valence-electron chi connectivity index (χ2n) is 1.29. The van der Waals surface area contributed by atoms with Crippen LogP contribution < -0.4 is 0 Å². The van der Waals surface area contributed by atoms with Gasteiger partial charge in [0, 0.05) is 6.61 Å². The lowest BCUT2D eigenvalue weighted by Gasteiger charge is -1.91. The normalized spacial score (nSPS) is 8.12. The van der Waals surface area contributed by atoms with E-state index in [0.717, 1.165) is 13.0 Å². The van der Waals surface area contributed by atoms with Crippen LogP contribution >= 0.6 is 12.2 Å².